The van der Waals surface area contributed by atoms with E-state index in [1.165, 1.54) is 31.6 Å². The van der Waals surface area contributed by atoms with Crippen molar-refractivity contribution in [2.45, 2.75) is 39.0 Å². The molecule has 186 valence electrons. The molecule has 0 atom stereocenters. The minimum absolute atomic E-state index is 0.00858. The van der Waals surface area contributed by atoms with Crippen LogP contribution in [0.3, 0.4) is 0 Å². The summed E-state index contributed by atoms with van der Waals surface area (Å²) >= 11 is 0. The summed E-state index contributed by atoms with van der Waals surface area (Å²) in [5.74, 6) is 0.363. The Balaban J connectivity index is 1.53. The topological polar surface area (TPSA) is 141 Å². The summed E-state index contributed by atoms with van der Waals surface area (Å²) in [6.45, 7) is 6.53. The van der Waals surface area contributed by atoms with E-state index < -0.39 is 5.91 Å². The van der Waals surface area contributed by atoms with E-state index in [1.54, 1.807) is 0 Å². The monoisotopic (exact) mass is 483 g/mol. The number of methoxy groups -OCH3 is 2. The van der Waals surface area contributed by atoms with Crippen molar-refractivity contribution in [3.8, 4) is 23.6 Å². The maximum Gasteiger partial charge on any atom is 0.399 e. The van der Waals surface area contributed by atoms with E-state index in [2.05, 4.69) is 45.5 Å². The lowest BCUT2D eigenvalue weighted by molar-refractivity contribution is 0.102. The van der Waals surface area contributed by atoms with Gasteiger partial charge < -0.3 is 34.4 Å². The number of nitrogens with zero attached hydrogens (tertiary/aromatic N) is 3. The number of hydrogen-bond acceptors (Lipinski definition) is 10. The van der Waals surface area contributed by atoms with Crippen molar-refractivity contribution in [3.05, 3.63) is 40.8 Å². The van der Waals surface area contributed by atoms with Crippen LogP contribution in [0.4, 0.5) is 11.6 Å². The van der Waals surface area contributed by atoms with Crippen molar-refractivity contribution in [2.24, 2.45) is 0 Å². The van der Waals surface area contributed by atoms with Crippen LogP contribution in [0.25, 0.3) is 0 Å². The SMILES string of the molecule is COc1nc(NCCO)nc(OC)c1NC(=O)c1coc(Oc2cc3c(cc2C)CCC3(C)C)n1. The number of nitrogens with one attached hydrogen (secondary N) is 2. The first kappa shape index (κ1) is 24.3. The number of ether oxygens (including phenoxy) is 3. The van der Waals surface area contributed by atoms with Crippen LogP contribution in [0.2, 0.25) is 0 Å². The highest BCUT2D eigenvalue weighted by Gasteiger charge is 2.31. The Kier molecular flexibility index (Phi) is 6.79. The number of aliphatic hydroxyl groups is 1. The van der Waals surface area contributed by atoms with Gasteiger partial charge in [0.15, 0.2) is 11.4 Å². The zero-order valence-electron chi connectivity index (χ0n) is 20.4. The fourth-order valence-corrected chi connectivity index (χ4v) is 4.03. The molecule has 1 aliphatic rings. The van der Waals surface area contributed by atoms with Crippen molar-refractivity contribution in [1.82, 2.24) is 15.0 Å². The molecule has 1 aromatic carbocycles. The van der Waals surface area contributed by atoms with Crippen LogP contribution in [0.1, 0.15) is 47.4 Å². The normalized spacial score (nSPS) is 13.8. The van der Waals surface area contributed by atoms with E-state index in [-0.39, 0.29) is 53.7 Å². The third-order valence-electron chi connectivity index (χ3n) is 5.93. The smallest absolute Gasteiger partial charge is 0.399 e. The van der Waals surface area contributed by atoms with E-state index >= 15 is 0 Å². The van der Waals surface area contributed by atoms with Gasteiger partial charge in [-0.1, -0.05) is 19.9 Å². The van der Waals surface area contributed by atoms with Crippen molar-refractivity contribution in [2.75, 3.05) is 38.0 Å². The largest absolute Gasteiger partial charge is 0.479 e. The maximum atomic E-state index is 12.9. The second kappa shape index (κ2) is 9.79. The third-order valence-corrected chi connectivity index (χ3v) is 5.93. The quantitative estimate of drug-likeness (QED) is 0.414. The summed E-state index contributed by atoms with van der Waals surface area (Å²) in [5, 5.41) is 14.5. The van der Waals surface area contributed by atoms with Gasteiger partial charge in [-0.05, 0) is 47.9 Å². The van der Waals surface area contributed by atoms with Gasteiger partial charge in [0.25, 0.3) is 5.91 Å². The predicted molar refractivity (Wildman–Crippen MR) is 128 cm³/mol. The Bertz CT molecular complexity index is 1210. The van der Waals surface area contributed by atoms with Crippen LogP contribution in [0.15, 0.2) is 22.8 Å². The fourth-order valence-electron chi connectivity index (χ4n) is 4.03. The Morgan fingerprint density at radius 2 is 1.89 bits per heavy atom. The zero-order valence-corrected chi connectivity index (χ0v) is 20.4. The highest BCUT2D eigenvalue weighted by atomic mass is 16.6. The summed E-state index contributed by atoms with van der Waals surface area (Å²) in [6.07, 6.45) is 3.28. The number of rotatable bonds is 9. The van der Waals surface area contributed by atoms with E-state index in [9.17, 15) is 4.79 Å². The Hall–Kier alpha value is -3.86. The maximum absolute atomic E-state index is 12.9. The number of hydrogen-bond donors (Lipinski definition) is 3. The van der Waals surface area contributed by atoms with Gasteiger partial charge in [0.1, 0.15) is 12.0 Å². The molecule has 2 aromatic heterocycles. The van der Waals surface area contributed by atoms with Gasteiger partial charge in [0.2, 0.25) is 17.7 Å². The lowest BCUT2D eigenvalue weighted by Gasteiger charge is -2.20. The number of carbonyl (C=O) groups excluding carboxylic acids is 1. The molecule has 0 saturated heterocycles. The van der Waals surface area contributed by atoms with Gasteiger partial charge in [0.05, 0.1) is 20.8 Å². The molecule has 2 heterocycles. The standard InChI is InChI=1S/C24H29N5O6/c1-13-10-14-6-7-24(2,3)15(14)11-17(13)35-23-26-16(12-34-23)19(31)27-18-20(32-4)28-22(25-8-9-30)29-21(18)33-5/h10-12,30H,6-9H2,1-5H3,(H,27,31)(H,25,28,29). The number of amides is 1. The molecule has 0 saturated carbocycles. The number of fused-ring (bicyclic) bond motifs is 1. The lowest BCUT2D eigenvalue weighted by atomic mass is 9.86. The first-order valence-corrected chi connectivity index (χ1v) is 11.2. The minimum atomic E-state index is -0.591. The van der Waals surface area contributed by atoms with Crippen LogP contribution in [-0.4, -0.2) is 53.3 Å². The van der Waals surface area contributed by atoms with Gasteiger partial charge in [0, 0.05) is 6.54 Å². The van der Waals surface area contributed by atoms with E-state index in [4.69, 9.17) is 23.7 Å². The number of aryl methyl sites for hydroxylation is 2. The molecule has 4 rings (SSSR count). The van der Waals surface area contributed by atoms with E-state index in [0.29, 0.717) is 5.75 Å². The molecule has 0 fully saturated rings. The Morgan fingerprint density at radius 1 is 1.17 bits per heavy atom. The summed E-state index contributed by atoms with van der Waals surface area (Å²) < 4.78 is 21.9. The van der Waals surface area contributed by atoms with Gasteiger partial charge >= 0.3 is 6.08 Å². The third kappa shape index (κ3) is 4.99. The highest BCUT2D eigenvalue weighted by Crippen LogP contribution is 2.42. The van der Waals surface area contributed by atoms with Crippen LogP contribution in [0.5, 0.6) is 23.6 Å². The van der Waals surface area contributed by atoms with Gasteiger partial charge in [-0.3, -0.25) is 4.79 Å². The number of aliphatic hydroxyl groups excluding tert-OH is 1. The molecule has 1 aliphatic carbocycles. The number of benzene rings is 1. The molecule has 35 heavy (non-hydrogen) atoms. The van der Waals surface area contributed by atoms with Crippen LogP contribution < -0.4 is 24.8 Å². The molecule has 0 spiro atoms. The van der Waals surface area contributed by atoms with E-state index in [1.807, 2.05) is 13.0 Å². The first-order valence-electron chi connectivity index (χ1n) is 11.2. The van der Waals surface area contributed by atoms with Crippen molar-refractivity contribution >= 4 is 17.5 Å². The molecule has 0 unspecified atom stereocenters. The second-order valence-corrected chi connectivity index (χ2v) is 8.80. The Morgan fingerprint density at radius 3 is 2.54 bits per heavy atom. The van der Waals surface area contributed by atoms with Gasteiger partial charge in [-0.2, -0.15) is 15.0 Å². The average Bonchev–Trinajstić information content (AvgIpc) is 3.42. The molecule has 0 bridgehead atoms. The first-order chi connectivity index (χ1) is 16.7. The fraction of sp³-hybridized carbons (Fsp3) is 0.417. The molecular formula is C24H29N5O6. The molecule has 11 heteroatoms. The lowest BCUT2D eigenvalue weighted by Crippen LogP contribution is -2.16. The summed E-state index contributed by atoms with van der Waals surface area (Å²) in [6, 6.07) is 4.16. The summed E-state index contributed by atoms with van der Waals surface area (Å²) in [5.41, 5.74) is 3.73. The Labute approximate surface area is 202 Å². The minimum Gasteiger partial charge on any atom is -0.479 e. The number of carbonyl (C=O) groups is 1. The molecule has 0 radical (unpaired) electrons. The molecule has 3 aromatic rings. The number of aromatic nitrogens is 3. The summed E-state index contributed by atoms with van der Waals surface area (Å²) in [7, 11) is 2.80. The van der Waals surface area contributed by atoms with E-state index in [0.717, 1.165) is 18.4 Å². The predicted octanol–water partition coefficient (Wildman–Crippen LogP) is 3.46. The van der Waals surface area contributed by atoms with Crippen molar-refractivity contribution in [1.29, 1.82) is 0 Å². The van der Waals surface area contributed by atoms with Crippen LogP contribution in [0, 0.1) is 6.92 Å². The molecule has 1 amide bonds. The van der Waals surface area contributed by atoms with Crippen molar-refractivity contribution < 1.29 is 28.5 Å². The number of oxazole rings is 1. The second-order valence-electron chi connectivity index (χ2n) is 8.80. The summed E-state index contributed by atoms with van der Waals surface area (Å²) in [4.78, 5) is 25.4. The van der Waals surface area contributed by atoms with Crippen LogP contribution >= 0.6 is 0 Å². The van der Waals surface area contributed by atoms with Crippen LogP contribution in [-0.2, 0) is 11.8 Å². The van der Waals surface area contributed by atoms with Gasteiger partial charge in [-0.25, -0.2) is 0 Å². The zero-order chi connectivity index (χ0) is 25.2. The molecule has 3 N–H and O–H groups in total. The highest BCUT2D eigenvalue weighted by molar-refractivity contribution is 6.04. The average molecular weight is 484 g/mol. The molecule has 0 aliphatic heterocycles. The van der Waals surface area contributed by atoms with Crippen molar-refractivity contribution in [3.63, 3.8) is 0 Å². The number of anilines is 2. The molecular weight excluding hydrogens is 454 g/mol. The van der Waals surface area contributed by atoms with Gasteiger partial charge in [-0.15, -0.1) is 0 Å². The molecule has 11 nitrogen and oxygen atoms in total.